The van der Waals surface area contributed by atoms with Crippen LogP contribution in [0.5, 0.6) is 11.5 Å². The number of hydrogen-bond donors (Lipinski definition) is 0. The van der Waals surface area contributed by atoms with E-state index in [4.69, 9.17) is 9.47 Å². The first-order valence-corrected chi connectivity index (χ1v) is 10.9. The third-order valence-electron chi connectivity index (χ3n) is 5.82. The van der Waals surface area contributed by atoms with Crippen molar-refractivity contribution in [2.75, 3.05) is 6.61 Å². The molecule has 0 fully saturated rings. The van der Waals surface area contributed by atoms with Crippen molar-refractivity contribution in [1.29, 1.82) is 0 Å². The zero-order valence-corrected chi connectivity index (χ0v) is 18.3. The highest BCUT2D eigenvalue weighted by molar-refractivity contribution is 5.53. The summed E-state index contributed by atoms with van der Waals surface area (Å²) in [6.45, 7) is 8.75. The highest BCUT2D eigenvalue weighted by Gasteiger charge is 2.28. The molecule has 1 aliphatic heterocycles. The lowest BCUT2D eigenvalue weighted by atomic mass is 9.94. The first-order chi connectivity index (χ1) is 14.3. The molecule has 0 spiro atoms. The molecule has 0 aliphatic carbocycles. The first-order valence-electron chi connectivity index (χ1n) is 10.9. The summed E-state index contributed by atoms with van der Waals surface area (Å²) in [6, 6.07) is 5.25. The van der Waals surface area contributed by atoms with E-state index in [1.165, 1.54) is 0 Å². The maximum Gasteiger partial charge on any atom is 0.201 e. The molecule has 0 bridgehead atoms. The summed E-state index contributed by atoms with van der Waals surface area (Å²) in [6.07, 6.45) is 3.98. The van der Waals surface area contributed by atoms with Gasteiger partial charge in [-0.15, -0.1) is 0 Å². The quantitative estimate of drug-likeness (QED) is 0.366. The number of aryl methyl sites for hydroxylation is 2. The molecule has 2 aromatic carbocycles. The number of hydrogen-bond acceptors (Lipinski definition) is 2. The molecule has 2 atom stereocenters. The van der Waals surface area contributed by atoms with Crippen LogP contribution in [0.15, 0.2) is 18.2 Å². The largest absolute Gasteiger partial charge is 0.450 e. The monoisotopic (exact) mass is 420 g/mol. The van der Waals surface area contributed by atoms with E-state index in [-0.39, 0.29) is 17.6 Å². The average Bonchev–Trinajstić information content (AvgIpc) is 2.74. The fraction of sp³-hybridized carbons (Fsp3) is 0.520. The standard InChI is InChI=1S/C25H31F3O2/c1-5-7-18-12-20-13-19-11-10-17(9-8-15(3)14-29-16(4)6-2)22(27)24(19)30-25(20)23(28)21(18)26/h10-12,15-16H,5-9,13-14H2,1-4H3. The fourth-order valence-electron chi connectivity index (χ4n) is 3.73. The Hall–Kier alpha value is -2.01. The van der Waals surface area contributed by atoms with E-state index < -0.39 is 17.5 Å². The zero-order valence-electron chi connectivity index (χ0n) is 18.3. The summed E-state index contributed by atoms with van der Waals surface area (Å²) >= 11 is 0. The molecule has 0 aromatic heterocycles. The molecule has 30 heavy (non-hydrogen) atoms. The van der Waals surface area contributed by atoms with Gasteiger partial charge in [0.2, 0.25) is 5.82 Å². The van der Waals surface area contributed by atoms with Crippen LogP contribution in [0.4, 0.5) is 13.2 Å². The second kappa shape index (κ2) is 9.86. The molecular formula is C25H31F3O2. The van der Waals surface area contributed by atoms with E-state index in [0.29, 0.717) is 60.5 Å². The molecule has 2 aromatic rings. The minimum absolute atomic E-state index is 0.0186. The van der Waals surface area contributed by atoms with Crippen molar-refractivity contribution in [3.63, 3.8) is 0 Å². The summed E-state index contributed by atoms with van der Waals surface area (Å²) in [5.74, 6) is -2.28. The lowest BCUT2D eigenvalue weighted by Gasteiger charge is -2.23. The van der Waals surface area contributed by atoms with Gasteiger partial charge in [0.25, 0.3) is 0 Å². The van der Waals surface area contributed by atoms with Crippen molar-refractivity contribution in [2.24, 2.45) is 5.92 Å². The van der Waals surface area contributed by atoms with Gasteiger partial charge in [0, 0.05) is 24.2 Å². The Balaban J connectivity index is 1.76. The van der Waals surface area contributed by atoms with Crippen LogP contribution >= 0.6 is 0 Å². The number of halogens is 3. The van der Waals surface area contributed by atoms with Crippen molar-refractivity contribution >= 4 is 0 Å². The number of benzene rings is 2. The average molecular weight is 421 g/mol. The van der Waals surface area contributed by atoms with Crippen molar-refractivity contribution in [3.05, 3.63) is 57.9 Å². The van der Waals surface area contributed by atoms with E-state index in [9.17, 15) is 8.78 Å². The Morgan fingerprint density at radius 3 is 2.37 bits per heavy atom. The Bertz CT molecular complexity index is 895. The molecule has 1 aliphatic rings. The molecule has 0 radical (unpaired) electrons. The zero-order chi connectivity index (χ0) is 21.8. The van der Waals surface area contributed by atoms with Gasteiger partial charge in [0.15, 0.2) is 23.1 Å². The molecule has 2 nitrogen and oxygen atoms in total. The smallest absolute Gasteiger partial charge is 0.201 e. The van der Waals surface area contributed by atoms with Crippen LogP contribution in [0.1, 0.15) is 69.2 Å². The van der Waals surface area contributed by atoms with Gasteiger partial charge in [-0.2, -0.15) is 4.39 Å². The number of rotatable bonds is 9. The number of ether oxygens (including phenoxy) is 2. The van der Waals surface area contributed by atoms with Gasteiger partial charge in [0.05, 0.1) is 6.10 Å². The highest BCUT2D eigenvalue weighted by atomic mass is 19.2. The predicted molar refractivity (Wildman–Crippen MR) is 113 cm³/mol. The molecule has 3 rings (SSSR count). The van der Waals surface area contributed by atoms with Crippen molar-refractivity contribution < 1.29 is 22.6 Å². The van der Waals surface area contributed by atoms with Crippen molar-refractivity contribution in [3.8, 4) is 11.5 Å². The van der Waals surface area contributed by atoms with Crippen molar-refractivity contribution in [1.82, 2.24) is 0 Å². The van der Waals surface area contributed by atoms with Crippen LogP contribution in [-0.2, 0) is 24.0 Å². The van der Waals surface area contributed by atoms with Gasteiger partial charge in [0.1, 0.15) is 0 Å². The maximum absolute atomic E-state index is 15.1. The third kappa shape index (κ3) is 4.83. The Kier molecular flexibility index (Phi) is 7.45. The summed E-state index contributed by atoms with van der Waals surface area (Å²) in [5.41, 5.74) is 2.08. The first kappa shape index (κ1) is 22.7. The van der Waals surface area contributed by atoms with Gasteiger partial charge in [-0.05, 0) is 55.7 Å². The SMILES string of the molecule is CCCc1cc2c(c(F)c1F)Oc1c(ccc(CCC(C)COC(C)CC)c1F)C2. The van der Waals surface area contributed by atoms with E-state index in [0.717, 1.165) is 12.8 Å². The summed E-state index contributed by atoms with van der Waals surface area (Å²) < 4.78 is 55.4. The lowest BCUT2D eigenvalue weighted by Crippen LogP contribution is -2.14. The lowest BCUT2D eigenvalue weighted by molar-refractivity contribution is 0.0401. The van der Waals surface area contributed by atoms with Crippen LogP contribution in [0, 0.1) is 23.4 Å². The molecule has 5 heteroatoms. The Labute approximate surface area is 177 Å². The molecule has 0 amide bonds. The van der Waals surface area contributed by atoms with E-state index in [2.05, 4.69) is 13.8 Å². The van der Waals surface area contributed by atoms with Gasteiger partial charge >= 0.3 is 0 Å². The van der Waals surface area contributed by atoms with Crippen molar-refractivity contribution in [2.45, 2.75) is 72.3 Å². The fourth-order valence-corrected chi connectivity index (χ4v) is 3.73. The second-order valence-corrected chi connectivity index (χ2v) is 8.40. The second-order valence-electron chi connectivity index (χ2n) is 8.40. The Morgan fingerprint density at radius 2 is 1.67 bits per heavy atom. The van der Waals surface area contributed by atoms with Crippen LogP contribution < -0.4 is 4.74 Å². The van der Waals surface area contributed by atoms with E-state index in [1.54, 1.807) is 12.1 Å². The summed E-state index contributed by atoms with van der Waals surface area (Å²) in [4.78, 5) is 0. The third-order valence-corrected chi connectivity index (χ3v) is 5.82. The molecule has 164 valence electrons. The summed E-state index contributed by atoms with van der Waals surface area (Å²) in [7, 11) is 0. The van der Waals surface area contributed by atoms with E-state index >= 15 is 4.39 Å². The maximum atomic E-state index is 15.1. The van der Waals surface area contributed by atoms with Crippen LogP contribution in [0.25, 0.3) is 0 Å². The van der Waals surface area contributed by atoms with Crippen LogP contribution in [-0.4, -0.2) is 12.7 Å². The molecular weight excluding hydrogens is 389 g/mol. The topological polar surface area (TPSA) is 18.5 Å². The number of fused-ring (bicyclic) bond motifs is 2. The molecule has 0 saturated heterocycles. The molecule has 1 heterocycles. The normalized spacial score (nSPS) is 14.6. The minimum Gasteiger partial charge on any atom is -0.450 e. The van der Waals surface area contributed by atoms with Gasteiger partial charge in [-0.1, -0.05) is 39.3 Å². The van der Waals surface area contributed by atoms with Crippen LogP contribution in [0.3, 0.4) is 0 Å². The molecule has 0 N–H and O–H groups in total. The molecule has 0 saturated carbocycles. The minimum atomic E-state index is -1.03. The van der Waals surface area contributed by atoms with E-state index in [1.807, 2.05) is 19.9 Å². The Morgan fingerprint density at radius 1 is 0.933 bits per heavy atom. The van der Waals surface area contributed by atoms with Gasteiger partial charge in [-0.3, -0.25) is 0 Å². The van der Waals surface area contributed by atoms with Gasteiger partial charge < -0.3 is 9.47 Å². The predicted octanol–water partition coefficient (Wildman–Crippen LogP) is 7.14. The summed E-state index contributed by atoms with van der Waals surface area (Å²) in [5, 5.41) is 0. The highest BCUT2D eigenvalue weighted by Crippen LogP contribution is 2.42. The van der Waals surface area contributed by atoms with Gasteiger partial charge in [-0.25, -0.2) is 8.78 Å². The molecule has 2 unspecified atom stereocenters. The van der Waals surface area contributed by atoms with Crippen LogP contribution in [0.2, 0.25) is 0 Å².